The lowest BCUT2D eigenvalue weighted by Gasteiger charge is -2.35. The summed E-state index contributed by atoms with van der Waals surface area (Å²) in [6.45, 7) is 6.87. The number of hydrogen-bond acceptors (Lipinski definition) is 3. The Labute approximate surface area is 95.3 Å². The molecule has 1 heterocycles. The molecular formula is C11H21NO2S. The monoisotopic (exact) mass is 231 g/mol. The van der Waals surface area contributed by atoms with Crippen molar-refractivity contribution in [1.82, 2.24) is 4.72 Å². The second kappa shape index (κ2) is 3.91. The van der Waals surface area contributed by atoms with Gasteiger partial charge in [-0.1, -0.05) is 0 Å². The average Bonchev–Trinajstić information content (AvgIpc) is 2.89. The summed E-state index contributed by atoms with van der Waals surface area (Å²) >= 11 is -0.971. The van der Waals surface area contributed by atoms with Gasteiger partial charge in [-0.2, -0.15) is 0 Å². The summed E-state index contributed by atoms with van der Waals surface area (Å²) in [5.74, 6) is 0. The van der Waals surface area contributed by atoms with Crippen molar-refractivity contribution in [2.75, 3.05) is 6.61 Å². The first kappa shape index (κ1) is 11.7. The molecule has 1 aliphatic carbocycles. The zero-order valence-electron chi connectivity index (χ0n) is 9.84. The van der Waals surface area contributed by atoms with Crippen LogP contribution in [-0.2, 0) is 16.1 Å². The van der Waals surface area contributed by atoms with Gasteiger partial charge in [0.05, 0.1) is 11.6 Å². The number of ether oxygens (including phenoxy) is 1. The van der Waals surface area contributed by atoms with E-state index in [-0.39, 0.29) is 10.3 Å². The number of nitrogens with one attached hydrogen (secondary N) is 1. The first-order valence-corrected chi connectivity index (χ1v) is 6.91. The summed E-state index contributed by atoms with van der Waals surface area (Å²) in [7, 11) is 0. The molecule has 0 aromatic rings. The second-order valence-electron chi connectivity index (χ2n) is 5.61. The van der Waals surface area contributed by atoms with Crippen molar-refractivity contribution in [3.63, 3.8) is 0 Å². The minimum atomic E-state index is -0.971. The third-order valence-electron chi connectivity index (χ3n) is 3.21. The molecule has 1 N–H and O–H groups in total. The second-order valence-corrected chi connectivity index (χ2v) is 7.60. The van der Waals surface area contributed by atoms with Crippen molar-refractivity contribution in [2.24, 2.45) is 0 Å². The highest BCUT2D eigenvalue weighted by molar-refractivity contribution is 7.90. The van der Waals surface area contributed by atoms with E-state index >= 15 is 0 Å². The molecule has 15 heavy (non-hydrogen) atoms. The molecule has 0 radical (unpaired) electrons. The molecule has 4 heteroatoms. The Kier molecular flexibility index (Phi) is 3.05. The van der Waals surface area contributed by atoms with Crippen LogP contribution in [0.15, 0.2) is 0 Å². The fourth-order valence-corrected chi connectivity index (χ4v) is 2.96. The van der Waals surface area contributed by atoms with Crippen LogP contribution in [-0.4, -0.2) is 27.5 Å². The molecule has 2 atom stereocenters. The van der Waals surface area contributed by atoms with E-state index in [0.29, 0.717) is 6.04 Å². The van der Waals surface area contributed by atoms with Crippen LogP contribution in [0.5, 0.6) is 0 Å². The molecule has 1 saturated heterocycles. The lowest BCUT2D eigenvalue weighted by atomic mass is 10.0. The summed E-state index contributed by atoms with van der Waals surface area (Å²) < 4.78 is 20.9. The van der Waals surface area contributed by atoms with Gasteiger partial charge in [0.25, 0.3) is 0 Å². The average molecular weight is 231 g/mol. The fourth-order valence-electron chi connectivity index (χ4n) is 2.01. The predicted molar refractivity (Wildman–Crippen MR) is 62.0 cm³/mol. The summed E-state index contributed by atoms with van der Waals surface area (Å²) in [5.41, 5.74) is 0.0408. The molecule has 1 unspecified atom stereocenters. The van der Waals surface area contributed by atoms with E-state index < -0.39 is 11.4 Å². The van der Waals surface area contributed by atoms with Gasteiger partial charge in [-0.3, -0.25) is 0 Å². The van der Waals surface area contributed by atoms with Gasteiger partial charge in [0.15, 0.2) is 0 Å². The third kappa shape index (κ3) is 2.49. The highest BCUT2D eigenvalue weighted by Gasteiger charge is 2.54. The molecule has 0 aromatic carbocycles. The third-order valence-corrected chi connectivity index (χ3v) is 4.82. The van der Waals surface area contributed by atoms with Crippen LogP contribution in [0.25, 0.3) is 0 Å². The van der Waals surface area contributed by atoms with Crippen molar-refractivity contribution in [2.45, 2.75) is 62.8 Å². The molecule has 0 amide bonds. The Hall–Kier alpha value is 0.230. The normalized spacial score (nSPS) is 31.6. The largest absolute Gasteiger partial charge is 0.598 e. The smallest absolute Gasteiger partial charge is 0.136 e. The Morgan fingerprint density at radius 2 is 2.07 bits per heavy atom. The lowest BCUT2D eigenvalue weighted by molar-refractivity contribution is -0.0233. The van der Waals surface area contributed by atoms with Crippen LogP contribution in [0.1, 0.15) is 46.5 Å². The summed E-state index contributed by atoms with van der Waals surface area (Å²) in [6, 6.07) is 0.298. The molecular weight excluding hydrogens is 210 g/mol. The lowest BCUT2D eigenvalue weighted by Crippen LogP contribution is -2.52. The Morgan fingerprint density at radius 1 is 1.40 bits per heavy atom. The first-order valence-electron chi connectivity index (χ1n) is 5.76. The van der Waals surface area contributed by atoms with E-state index in [9.17, 15) is 4.55 Å². The Morgan fingerprint density at radius 3 is 2.60 bits per heavy atom. The minimum Gasteiger partial charge on any atom is -0.598 e. The highest BCUT2D eigenvalue weighted by atomic mass is 32.2. The molecule has 1 aliphatic heterocycles. The van der Waals surface area contributed by atoms with E-state index in [1.165, 1.54) is 0 Å². The van der Waals surface area contributed by atoms with Crippen LogP contribution in [0.4, 0.5) is 0 Å². The zero-order valence-corrected chi connectivity index (χ0v) is 10.7. The summed E-state index contributed by atoms with van der Waals surface area (Å²) in [6.07, 6.45) is 4.45. The van der Waals surface area contributed by atoms with Crippen LogP contribution in [0, 0.1) is 0 Å². The topological polar surface area (TPSA) is 44.3 Å². The molecule has 2 aliphatic rings. The van der Waals surface area contributed by atoms with Crippen molar-refractivity contribution < 1.29 is 9.29 Å². The van der Waals surface area contributed by atoms with Gasteiger partial charge in [-0.05, 0) is 46.5 Å². The van der Waals surface area contributed by atoms with Crippen LogP contribution >= 0.6 is 0 Å². The summed E-state index contributed by atoms with van der Waals surface area (Å²) in [5, 5.41) is 0. The molecule has 0 aromatic heterocycles. The quantitative estimate of drug-likeness (QED) is 0.736. The zero-order chi connectivity index (χ0) is 11.1. The minimum absolute atomic E-state index is 0.0408. The molecule has 1 spiro atoms. The van der Waals surface area contributed by atoms with Gasteiger partial charge in [0.1, 0.15) is 4.75 Å². The molecule has 2 fully saturated rings. The predicted octanol–water partition coefficient (Wildman–Crippen LogP) is 1.75. The van der Waals surface area contributed by atoms with Gasteiger partial charge in [0, 0.05) is 18.0 Å². The highest BCUT2D eigenvalue weighted by Crippen LogP contribution is 2.46. The first-order chi connectivity index (χ1) is 6.94. The Balaban J connectivity index is 1.93. The molecule has 2 rings (SSSR count). The van der Waals surface area contributed by atoms with Crippen molar-refractivity contribution in [3.8, 4) is 0 Å². The SMILES string of the molecule is CC(C)(C)[S@+]([O-])NC1CCCOC12CC2. The van der Waals surface area contributed by atoms with Gasteiger partial charge in [0.2, 0.25) is 0 Å². The van der Waals surface area contributed by atoms with Gasteiger partial charge in [-0.15, -0.1) is 4.72 Å². The van der Waals surface area contributed by atoms with Crippen molar-refractivity contribution >= 4 is 11.4 Å². The summed E-state index contributed by atoms with van der Waals surface area (Å²) in [4.78, 5) is 0. The van der Waals surface area contributed by atoms with E-state index in [1.807, 2.05) is 20.8 Å². The van der Waals surface area contributed by atoms with Gasteiger partial charge < -0.3 is 9.29 Å². The van der Waals surface area contributed by atoms with Crippen LogP contribution < -0.4 is 4.72 Å². The standard InChI is InChI=1S/C11H21NO2S/c1-10(2,3)15(13)12-9-5-4-8-14-11(9)6-7-11/h9,12H,4-8H2,1-3H3/t9?,15-/m0/s1. The maximum atomic E-state index is 12.0. The maximum Gasteiger partial charge on any atom is 0.136 e. The van der Waals surface area contributed by atoms with Crippen LogP contribution in [0.2, 0.25) is 0 Å². The van der Waals surface area contributed by atoms with E-state index in [1.54, 1.807) is 0 Å². The van der Waals surface area contributed by atoms with Crippen LogP contribution in [0.3, 0.4) is 0 Å². The molecule has 0 bridgehead atoms. The fraction of sp³-hybridized carbons (Fsp3) is 1.00. The molecule has 3 nitrogen and oxygen atoms in total. The van der Waals surface area contributed by atoms with Gasteiger partial charge in [-0.25, -0.2) is 0 Å². The van der Waals surface area contributed by atoms with E-state index in [4.69, 9.17) is 4.74 Å². The Bertz CT molecular complexity index is 235. The molecule has 88 valence electrons. The van der Waals surface area contributed by atoms with E-state index in [0.717, 1.165) is 32.3 Å². The number of rotatable bonds is 2. The number of hydrogen-bond donors (Lipinski definition) is 1. The molecule has 1 saturated carbocycles. The van der Waals surface area contributed by atoms with Crippen molar-refractivity contribution in [3.05, 3.63) is 0 Å². The maximum absolute atomic E-state index is 12.0. The van der Waals surface area contributed by atoms with Crippen molar-refractivity contribution in [1.29, 1.82) is 0 Å². The van der Waals surface area contributed by atoms with Gasteiger partial charge >= 0.3 is 0 Å². The van der Waals surface area contributed by atoms with E-state index in [2.05, 4.69) is 4.72 Å².